The Bertz CT molecular complexity index is 621. The van der Waals surface area contributed by atoms with Crippen molar-refractivity contribution in [2.24, 2.45) is 0 Å². The van der Waals surface area contributed by atoms with Gasteiger partial charge in [0.05, 0.1) is 12.3 Å². The summed E-state index contributed by atoms with van der Waals surface area (Å²) in [5, 5.41) is -0.347. The van der Waals surface area contributed by atoms with Crippen LogP contribution in [0.5, 0.6) is 0 Å². The number of hydrogen-bond donors (Lipinski definition) is 0. The largest absolute Gasteiger partial charge is 0.323 e. The summed E-state index contributed by atoms with van der Waals surface area (Å²) in [5.74, 6) is 0. The first-order valence-corrected chi connectivity index (χ1v) is 8.81. The first-order chi connectivity index (χ1) is 8.46. The van der Waals surface area contributed by atoms with Crippen molar-refractivity contribution in [3.63, 3.8) is 0 Å². The molecule has 2 aromatic carbocycles. The molecule has 1 aliphatic carbocycles. The van der Waals surface area contributed by atoms with Gasteiger partial charge in [0.2, 0.25) is 0 Å². The second kappa shape index (κ2) is 3.59. The van der Waals surface area contributed by atoms with Gasteiger partial charge in [-0.25, -0.2) is 0 Å². The lowest BCUT2D eigenvalue weighted by Gasteiger charge is -2.31. The summed E-state index contributed by atoms with van der Waals surface area (Å²) in [6, 6.07) is 16.7. The Morgan fingerprint density at radius 1 is 0.833 bits per heavy atom. The summed E-state index contributed by atoms with van der Waals surface area (Å²) in [6.45, 7) is 5.91. The molecule has 92 valence electrons. The molecule has 0 aromatic heterocycles. The smallest absolute Gasteiger partial charge is 0.0959 e. The molecule has 0 spiro atoms. The van der Waals surface area contributed by atoms with E-state index in [9.17, 15) is 4.57 Å². The second-order valence-corrected chi connectivity index (χ2v) is 9.11. The molecule has 0 unspecified atom stereocenters. The third-order valence-corrected chi connectivity index (χ3v) is 6.91. The van der Waals surface area contributed by atoms with Crippen molar-refractivity contribution in [2.45, 2.75) is 12.1 Å². The van der Waals surface area contributed by atoms with Crippen molar-refractivity contribution in [3.8, 4) is 11.1 Å². The van der Waals surface area contributed by atoms with Crippen LogP contribution in [0.15, 0.2) is 48.5 Å². The Balaban J connectivity index is 2.45. The second-order valence-electron chi connectivity index (χ2n) is 5.51. The molecular formula is C16H17OP. The van der Waals surface area contributed by atoms with E-state index in [4.69, 9.17) is 0 Å². The fourth-order valence-corrected chi connectivity index (χ4v) is 4.56. The Morgan fingerprint density at radius 3 is 1.61 bits per heavy atom. The highest BCUT2D eigenvalue weighted by atomic mass is 31.2. The van der Waals surface area contributed by atoms with Crippen molar-refractivity contribution < 1.29 is 4.57 Å². The van der Waals surface area contributed by atoms with E-state index in [1.165, 1.54) is 22.3 Å². The van der Waals surface area contributed by atoms with Crippen molar-refractivity contribution >= 4 is 7.14 Å². The van der Waals surface area contributed by atoms with Crippen LogP contribution >= 0.6 is 7.14 Å². The molecule has 2 aromatic rings. The monoisotopic (exact) mass is 256 g/mol. The van der Waals surface area contributed by atoms with Crippen LogP contribution in [0.1, 0.15) is 18.1 Å². The van der Waals surface area contributed by atoms with Crippen LogP contribution in [0, 0.1) is 0 Å². The highest BCUT2D eigenvalue weighted by Gasteiger charge is 2.47. The third-order valence-electron chi connectivity index (χ3n) is 4.27. The van der Waals surface area contributed by atoms with Gasteiger partial charge in [0, 0.05) is 0 Å². The molecule has 0 heterocycles. The quantitative estimate of drug-likeness (QED) is 0.684. The minimum Gasteiger partial charge on any atom is -0.323 e. The Labute approximate surface area is 108 Å². The maximum absolute atomic E-state index is 12.9. The molecule has 0 radical (unpaired) electrons. The molecule has 0 aliphatic heterocycles. The maximum atomic E-state index is 12.9. The Kier molecular flexibility index (Phi) is 2.34. The van der Waals surface area contributed by atoms with Crippen LogP contribution in [0.3, 0.4) is 0 Å². The molecule has 0 saturated carbocycles. The average molecular weight is 256 g/mol. The van der Waals surface area contributed by atoms with E-state index >= 15 is 0 Å². The summed E-state index contributed by atoms with van der Waals surface area (Å²) >= 11 is 0. The van der Waals surface area contributed by atoms with E-state index in [2.05, 4.69) is 43.3 Å². The van der Waals surface area contributed by atoms with Crippen molar-refractivity contribution in [3.05, 3.63) is 59.7 Å². The van der Waals surface area contributed by atoms with Crippen molar-refractivity contribution in [2.75, 3.05) is 13.3 Å². The van der Waals surface area contributed by atoms with Gasteiger partial charge in [-0.05, 0) is 42.5 Å². The lowest BCUT2D eigenvalue weighted by Crippen LogP contribution is -2.20. The molecule has 0 atom stereocenters. The molecule has 1 aliphatic rings. The molecule has 0 fully saturated rings. The van der Waals surface area contributed by atoms with E-state index in [1.54, 1.807) is 0 Å². The molecule has 0 bridgehead atoms. The van der Waals surface area contributed by atoms with Crippen molar-refractivity contribution in [1.29, 1.82) is 0 Å². The lowest BCUT2D eigenvalue weighted by molar-refractivity contribution is 0.563. The highest BCUT2D eigenvalue weighted by molar-refractivity contribution is 7.63. The van der Waals surface area contributed by atoms with Gasteiger partial charge in [-0.3, -0.25) is 0 Å². The van der Waals surface area contributed by atoms with Crippen LogP contribution < -0.4 is 0 Å². The average Bonchev–Trinajstić information content (AvgIpc) is 2.62. The first kappa shape index (κ1) is 11.7. The zero-order valence-corrected chi connectivity index (χ0v) is 11.9. The number of benzene rings is 2. The van der Waals surface area contributed by atoms with Gasteiger partial charge in [-0.1, -0.05) is 48.5 Å². The summed E-state index contributed by atoms with van der Waals surface area (Å²) in [5.41, 5.74) is 4.89. The fourth-order valence-electron chi connectivity index (χ4n) is 3.01. The molecule has 0 N–H and O–H groups in total. The van der Waals surface area contributed by atoms with E-state index in [1.807, 2.05) is 25.5 Å². The van der Waals surface area contributed by atoms with Crippen LogP contribution in [-0.2, 0) is 9.72 Å². The summed E-state index contributed by atoms with van der Waals surface area (Å²) in [6.07, 6.45) is 0. The van der Waals surface area contributed by atoms with E-state index in [-0.39, 0.29) is 5.16 Å². The fraction of sp³-hybridized carbons (Fsp3) is 0.250. The van der Waals surface area contributed by atoms with E-state index in [0.29, 0.717) is 0 Å². The lowest BCUT2D eigenvalue weighted by atomic mass is 9.98. The number of rotatable bonds is 1. The maximum Gasteiger partial charge on any atom is 0.0959 e. The predicted octanol–water partition coefficient (Wildman–Crippen LogP) is 4.55. The molecule has 1 nitrogen and oxygen atoms in total. The van der Waals surface area contributed by atoms with Crippen LogP contribution in [0.4, 0.5) is 0 Å². The van der Waals surface area contributed by atoms with Gasteiger partial charge >= 0.3 is 0 Å². The van der Waals surface area contributed by atoms with Gasteiger partial charge in [0.1, 0.15) is 0 Å². The minimum atomic E-state index is -2.29. The van der Waals surface area contributed by atoms with Gasteiger partial charge in [0.25, 0.3) is 0 Å². The van der Waals surface area contributed by atoms with E-state index in [0.717, 1.165) is 0 Å². The minimum absolute atomic E-state index is 0.347. The van der Waals surface area contributed by atoms with E-state index < -0.39 is 7.14 Å². The Morgan fingerprint density at radius 2 is 1.22 bits per heavy atom. The van der Waals surface area contributed by atoms with Gasteiger partial charge in [-0.2, -0.15) is 0 Å². The SMILES string of the molecule is CC1(P(C)(C)=O)c2ccccc2-c2ccccc21. The standard InChI is InChI=1S/C16H17OP/c1-16(18(2,3)17)14-10-6-4-8-12(14)13-9-5-7-11-15(13)16/h4-11H,1-3H3. The molecular weight excluding hydrogens is 239 g/mol. The first-order valence-electron chi connectivity index (χ1n) is 6.21. The normalized spacial score (nSPS) is 16.2. The topological polar surface area (TPSA) is 17.1 Å². The van der Waals surface area contributed by atoms with Gasteiger partial charge < -0.3 is 4.57 Å². The molecule has 2 heteroatoms. The third kappa shape index (κ3) is 1.31. The zero-order valence-electron chi connectivity index (χ0n) is 11.0. The van der Waals surface area contributed by atoms with Crippen LogP contribution in [-0.4, -0.2) is 13.3 Å². The van der Waals surface area contributed by atoms with Gasteiger partial charge in [0.15, 0.2) is 0 Å². The molecule has 3 rings (SSSR count). The zero-order chi connectivity index (χ0) is 13.0. The molecule has 18 heavy (non-hydrogen) atoms. The van der Waals surface area contributed by atoms with Crippen molar-refractivity contribution in [1.82, 2.24) is 0 Å². The predicted molar refractivity (Wildman–Crippen MR) is 77.8 cm³/mol. The summed E-state index contributed by atoms with van der Waals surface area (Å²) in [7, 11) is -2.29. The molecule has 0 saturated heterocycles. The summed E-state index contributed by atoms with van der Waals surface area (Å²) < 4.78 is 12.9. The van der Waals surface area contributed by atoms with Crippen LogP contribution in [0.25, 0.3) is 11.1 Å². The Hall–Kier alpha value is -1.33. The molecule has 0 amide bonds. The van der Waals surface area contributed by atoms with Gasteiger partial charge in [-0.15, -0.1) is 0 Å². The number of fused-ring (bicyclic) bond motifs is 3. The number of hydrogen-bond acceptors (Lipinski definition) is 1. The highest BCUT2D eigenvalue weighted by Crippen LogP contribution is 2.67. The van der Waals surface area contributed by atoms with Crippen LogP contribution in [0.2, 0.25) is 0 Å². The summed E-state index contributed by atoms with van der Waals surface area (Å²) in [4.78, 5) is 0.